The summed E-state index contributed by atoms with van der Waals surface area (Å²) in [6.45, 7) is 0.845. The lowest BCUT2D eigenvalue weighted by atomic mass is 9.95. The van der Waals surface area contributed by atoms with Crippen LogP contribution in [0.3, 0.4) is 0 Å². The molecule has 0 saturated carbocycles. The number of imidazole rings is 1. The average molecular weight is 333 g/mol. The highest BCUT2D eigenvalue weighted by Gasteiger charge is 2.24. The zero-order valence-corrected chi connectivity index (χ0v) is 13.8. The van der Waals surface area contributed by atoms with Crippen molar-refractivity contribution >= 4 is 11.6 Å². The summed E-state index contributed by atoms with van der Waals surface area (Å²) >= 11 is 0. The van der Waals surface area contributed by atoms with Gasteiger partial charge >= 0.3 is 0 Å². The Bertz CT molecular complexity index is 856. The predicted octanol–water partition coefficient (Wildman–Crippen LogP) is 3.88. The number of hydrogen-bond donors (Lipinski definition) is 1. The quantitative estimate of drug-likeness (QED) is 0.788. The van der Waals surface area contributed by atoms with Crippen molar-refractivity contribution in [2.24, 2.45) is 5.92 Å². The number of aromatic nitrogens is 2. The molecule has 0 spiro atoms. The molecule has 0 aliphatic carbocycles. The summed E-state index contributed by atoms with van der Waals surface area (Å²) in [6, 6.07) is 17.1. The molecule has 1 amide bonds. The Morgan fingerprint density at radius 1 is 1.08 bits per heavy atom. The largest absolute Gasteiger partial charge is 0.457 e. The topological polar surface area (TPSA) is 56.1 Å². The molecule has 1 aliphatic rings. The fourth-order valence-electron chi connectivity index (χ4n) is 3.07. The second-order valence-electron chi connectivity index (χ2n) is 6.20. The molecule has 4 rings (SSSR count). The summed E-state index contributed by atoms with van der Waals surface area (Å²) in [7, 11) is 0. The van der Waals surface area contributed by atoms with Gasteiger partial charge in [0.15, 0.2) is 0 Å². The number of carbonyl (C=O) groups is 1. The van der Waals surface area contributed by atoms with Gasteiger partial charge in [0.2, 0.25) is 5.91 Å². The van der Waals surface area contributed by atoms with Crippen molar-refractivity contribution in [3.8, 4) is 11.5 Å². The molecule has 0 fully saturated rings. The number of anilines is 1. The van der Waals surface area contributed by atoms with E-state index in [1.807, 2.05) is 67.1 Å². The standard InChI is InChI=1S/C20H19N3O2/c24-20(15-10-11-23-14-21-13-17(23)12-15)22-16-6-8-19(9-7-16)25-18-4-2-1-3-5-18/h1-9,13-15H,10-12H2,(H,22,24). The van der Waals surface area contributed by atoms with E-state index in [1.54, 1.807) is 0 Å². The van der Waals surface area contributed by atoms with Crippen molar-refractivity contribution in [3.05, 3.63) is 72.8 Å². The highest BCUT2D eigenvalue weighted by Crippen LogP contribution is 2.24. The highest BCUT2D eigenvalue weighted by molar-refractivity contribution is 5.92. The smallest absolute Gasteiger partial charge is 0.227 e. The molecule has 25 heavy (non-hydrogen) atoms. The third kappa shape index (κ3) is 3.55. The fraction of sp³-hybridized carbons (Fsp3) is 0.200. The molecule has 0 bridgehead atoms. The van der Waals surface area contributed by atoms with Crippen molar-refractivity contribution < 1.29 is 9.53 Å². The maximum Gasteiger partial charge on any atom is 0.227 e. The summed E-state index contributed by atoms with van der Waals surface area (Å²) in [5.74, 6) is 1.58. The van der Waals surface area contributed by atoms with Crippen LogP contribution in [0.25, 0.3) is 0 Å². The minimum Gasteiger partial charge on any atom is -0.457 e. The van der Waals surface area contributed by atoms with Crippen LogP contribution < -0.4 is 10.1 Å². The van der Waals surface area contributed by atoms with Gasteiger partial charge < -0.3 is 14.6 Å². The summed E-state index contributed by atoms with van der Waals surface area (Å²) in [6.07, 6.45) is 5.25. The average Bonchev–Trinajstić information content (AvgIpc) is 3.12. The second-order valence-corrected chi connectivity index (χ2v) is 6.20. The Hall–Kier alpha value is -3.08. The van der Waals surface area contributed by atoms with E-state index in [0.29, 0.717) is 0 Å². The molecule has 2 aromatic carbocycles. The van der Waals surface area contributed by atoms with Gasteiger partial charge in [0.05, 0.1) is 6.33 Å². The SMILES string of the molecule is O=C(Nc1ccc(Oc2ccccc2)cc1)C1CCn2cncc2C1. The molecule has 1 aromatic heterocycles. The van der Waals surface area contributed by atoms with Crippen LogP contribution in [0, 0.1) is 5.92 Å². The van der Waals surface area contributed by atoms with Crippen molar-refractivity contribution in [3.63, 3.8) is 0 Å². The zero-order valence-electron chi connectivity index (χ0n) is 13.8. The van der Waals surface area contributed by atoms with Crippen LogP contribution in [0.5, 0.6) is 11.5 Å². The molecule has 1 aliphatic heterocycles. The first kappa shape index (κ1) is 15.4. The zero-order chi connectivity index (χ0) is 17.1. The molecule has 126 valence electrons. The number of aryl methyl sites for hydroxylation is 1. The number of rotatable bonds is 4. The van der Waals surface area contributed by atoms with Gasteiger partial charge in [0.1, 0.15) is 11.5 Å². The number of fused-ring (bicyclic) bond motifs is 1. The Morgan fingerprint density at radius 2 is 1.84 bits per heavy atom. The molecule has 3 aromatic rings. The van der Waals surface area contributed by atoms with Crippen LogP contribution in [-0.4, -0.2) is 15.5 Å². The van der Waals surface area contributed by atoms with Gasteiger partial charge in [-0.2, -0.15) is 0 Å². The fourth-order valence-corrected chi connectivity index (χ4v) is 3.07. The number of nitrogens with zero attached hydrogens (tertiary/aromatic N) is 2. The lowest BCUT2D eigenvalue weighted by Crippen LogP contribution is -2.29. The molecule has 0 saturated heterocycles. The highest BCUT2D eigenvalue weighted by atomic mass is 16.5. The maximum atomic E-state index is 12.5. The van der Waals surface area contributed by atoms with Crippen LogP contribution in [0.2, 0.25) is 0 Å². The molecule has 0 radical (unpaired) electrons. The number of hydrogen-bond acceptors (Lipinski definition) is 3. The summed E-state index contributed by atoms with van der Waals surface area (Å²) in [4.78, 5) is 16.6. The molecule has 1 N–H and O–H groups in total. The van der Waals surface area contributed by atoms with Crippen molar-refractivity contribution in [2.75, 3.05) is 5.32 Å². The maximum absolute atomic E-state index is 12.5. The molecular formula is C20H19N3O2. The van der Waals surface area contributed by atoms with E-state index >= 15 is 0 Å². The summed E-state index contributed by atoms with van der Waals surface area (Å²) in [5, 5.41) is 3.00. The molecule has 1 unspecified atom stereocenters. The van der Waals surface area contributed by atoms with Crippen molar-refractivity contribution in [2.45, 2.75) is 19.4 Å². The van der Waals surface area contributed by atoms with Crippen LogP contribution in [0.4, 0.5) is 5.69 Å². The first-order valence-electron chi connectivity index (χ1n) is 8.41. The lowest BCUT2D eigenvalue weighted by Gasteiger charge is -2.23. The molecule has 2 heterocycles. The number of benzene rings is 2. The Balaban J connectivity index is 1.37. The van der Waals surface area contributed by atoms with Crippen LogP contribution >= 0.6 is 0 Å². The number of amides is 1. The summed E-state index contributed by atoms with van der Waals surface area (Å²) in [5.41, 5.74) is 1.91. The monoisotopic (exact) mass is 333 g/mol. The van der Waals surface area contributed by atoms with E-state index in [1.165, 1.54) is 0 Å². The van der Waals surface area contributed by atoms with E-state index in [4.69, 9.17) is 4.74 Å². The Labute approximate surface area is 146 Å². The Kier molecular flexibility index (Phi) is 4.21. The van der Waals surface area contributed by atoms with Gasteiger partial charge in [-0.25, -0.2) is 4.98 Å². The number of ether oxygens (including phenoxy) is 1. The van der Waals surface area contributed by atoms with Gasteiger partial charge in [-0.1, -0.05) is 18.2 Å². The third-order valence-corrected chi connectivity index (χ3v) is 4.44. The first-order chi connectivity index (χ1) is 12.3. The number of nitrogens with one attached hydrogen (secondary N) is 1. The van der Waals surface area contributed by atoms with Gasteiger partial charge in [0, 0.05) is 36.5 Å². The number of para-hydroxylation sites is 1. The third-order valence-electron chi connectivity index (χ3n) is 4.44. The predicted molar refractivity (Wildman–Crippen MR) is 95.6 cm³/mol. The summed E-state index contributed by atoms with van der Waals surface area (Å²) < 4.78 is 7.87. The molecule has 5 heteroatoms. The number of carbonyl (C=O) groups excluding carboxylic acids is 1. The molecular weight excluding hydrogens is 314 g/mol. The minimum atomic E-state index is -0.00977. The van der Waals surface area contributed by atoms with Gasteiger partial charge in [-0.3, -0.25) is 4.79 Å². The van der Waals surface area contributed by atoms with Crippen LogP contribution in [0.15, 0.2) is 67.1 Å². The normalized spacial score (nSPS) is 16.1. The van der Waals surface area contributed by atoms with Gasteiger partial charge in [0.25, 0.3) is 0 Å². The minimum absolute atomic E-state index is 0.00977. The van der Waals surface area contributed by atoms with Crippen LogP contribution in [0.1, 0.15) is 12.1 Å². The Morgan fingerprint density at radius 3 is 2.64 bits per heavy atom. The van der Waals surface area contributed by atoms with Gasteiger partial charge in [-0.05, 0) is 42.8 Å². The van der Waals surface area contributed by atoms with E-state index in [-0.39, 0.29) is 11.8 Å². The lowest BCUT2D eigenvalue weighted by molar-refractivity contribution is -0.120. The van der Waals surface area contributed by atoms with Gasteiger partial charge in [-0.15, -0.1) is 0 Å². The molecule has 1 atom stereocenters. The first-order valence-corrected chi connectivity index (χ1v) is 8.41. The van der Waals surface area contributed by atoms with Crippen LogP contribution in [-0.2, 0) is 17.8 Å². The molecule has 5 nitrogen and oxygen atoms in total. The van der Waals surface area contributed by atoms with E-state index in [0.717, 1.165) is 42.3 Å². The van der Waals surface area contributed by atoms with Crippen molar-refractivity contribution in [1.29, 1.82) is 0 Å². The van der Waals surface area contributed by atoms with E-state index in [9.17, 15) is 4.79 Å². The van der Waals surface area contributed by atoms with E-state index < -0.39 is 0 Å². The van der Waals surface area contributed by atoms with Crippen molar-refractivity contribution in [1.82, 2.24) is 9.55 Å². The van der Waals surface area contributed by atoms with E-state index in [2.05, 4.69) is 14.9 Å². The second kappa shape index (κ2) is 6.81.